The largest absolute Gasteiger partial charge is 0.426 e. The Morgan fingerprint density at radius 1 is 0.903 bits per heavy atom. The predicted molar refractivity (Wildman–Crippen MR) is 128 cm³/mol. The predicted octanol–water partition coefficient (Wildman–Crippen LogP) is 7.73. The minimum Gasteiger partial charge on any atom is -0.426 e. The molecule has 5 heteroatoms. The molecular weight excluding hydrogens is 412 g/mol. The van der Waals surface area contributed by atoms with E-state index in [-0.39, 0.29) is 11.4 Å². The molecule has 176 valence electrons. The molecule has 0 aliphatic rings. The summed E-state index contributed by atoms with van der Waals surface area (Å²) in [5.74, 6) is 0.0809. The molecule has 0 saturated carbocycles. The van der Waals surface area contributed by atoms with E-state index in [0.29, 0.717) is 17.9 Å². The number of alkyl halides is 1. The summed E-state index contributed by atoms with van der Waals surface area (Å²) in [7, 11) is 0. The van der Waals surface area contributed by atoms with Crippen LogP contribution in [0, 0.1) is 0 Å². The lowest BCUT2D eigenvalue weighted by atomic mass is 9.86. The maximum absolute atomic E-state index is 12.4. The number of hydrogen-bond donors (Lipinski definition) is 0. The molecule has 4 nitrogen and oxygen atoms in total. The summed E-state index contributed by atoms with van der Waals surface area (Å²) >= 11 is 6.28. The Hall–Kier alpha value is -1.55. The monoisotopic (exact) mass is 452 g/mol. The Labute approximate surface area is 194 Å². The van der Waals surface area contributed by atoms with Gasteiger partial charge in [-0.15, -0.1) is 11.6 Å². The van der Waals surface area contributed by atoms with Gasteiger partial charge in [0.25, 0.3) is 0 Å². The van der Waals surface area contributed by atoms with E-state index in [1.807, 2.05) is 20.8 Å². The van der Waals surface area contributed by atoms with Gasteiger partial charge in [-0.2, -0.15) is 0 Å². The first-order chi connectivity index (χ1) is 14.6. The van der Waals surface area contributed by atoms with Crippen LogP contribution in [-0.4, -0.2) is 17.3 Å². The minimum atomic E-state index is -0.653. The summed E-state index contributed by atoms with van der Waals surface area (Å²) in [5, 5.41) is -0.653. The van der Waals surface area contributed by atoms with Gasteiger partial charge < -0.3 is 9.47 Å². The summed E-state index contributed by atoms with van der Waals surface area (Å²) in [6.45, 7) is 9.64. The maximum Gasteiger partial charge on any atom is 0.329 e. The molecule has 0 bridgehead atoms. The number of carbonyl (C=O) groups excluding carboxylic acids is 2. The second-order valence-electron chi connectivity index (χ2n) is 9.36. The zero-order chi connectivity index (χ0) is 23.3. The van der Waals surface area contributed by atoms with Crippen LogP contribution < -0.4 is 9.47 Å². The highest BCUT2D eigenvalue weighted by Gasteiger charge is 2.23. The number of ether oxygens (including phenoxy) is 2. The molecule has 31 heavy (non-hydrogen) atoms. The molecule has 1 atom stereocenters. The summed E-state index contributed by atoms with van der Waals surface area (Å²) < 4.78 is 10.8. The molecule has 0 aliphatic heterocycles. The molecule has 1 unspecified atom stereocenters. The summed E-state index contributed by atoms with van der Waals surface area (Å²) in [6, 6.07) is 5.05. The molecule has 1 aromatic carbocycles. The molecule has 0 saturated heterocycles. The lowest BCUT2D eigenvalue weighted by Gasteiger charge is -2.23. The summed E-state index contributed by atoms with van der Waals surface area (Å²) in [6.07, 6.45) is 13.1. The Balaban J connectivity index is 2.41. The van der Waals surface area contributed by atoms with E-state index >= 15 is 0 Å². The lowest BCUT2D eigenvalue weighted by molar-refractivity contribution is -0.134. The van der Waals surface area contributed by atoms with E-state index in [9.17, 15) is 9.59 Å². The van der Waals surface area contributed by atoms with E-state index in [2.05, 4.69) is 6.92 Å². The lowest BCUT2D eigenvalue weighted by Crippen LogP contribution is -2.21. The van der Waals surface area contributed by atoms with Crippen molar-refractivity contribution in [3.05, 3.63) is 23.8 Å². The molecule has 0 N–H and O–H groups in total. The normalized spacial score (nSPS) is 12.5. The molecule has 0 heterocycles. The molecular formula is C26H41ClO4. The Morgan fingerprint density at radius 3 is 1.97 bits per heavy atom. The van der Waals surface area contributed by atoms with Crippen LogP contribution in [0.2, 0.25) is 0 Å². The number of unbranched alkanes of at least 4 members (excludes halogenated alkanes) is 9. The zero-order valence-electron chi connectivity index (χ0n) is 20.1. The average Bonchev–Trinajstić information content (AvgIpc) is 2.69. The first-order valence-corrected chi connectivity index (χ1v) is 12.3. The van der Waals surface area contributed by atoms with E-state index in [0.717, 1.165) is 18.4 Å². The SMILES string of the molecule is CCCCCCCCCCCCC(Cl)C(=O)Oc1ccc(OC(C)=O)c(C(C)(C)C)c1. The number of halogens is 1. The first kappa shape index (κ1) is 27.5. The van der Waals surface area contributed by atoms with Gasteiger partial charge in [0, 0.05) is 12.5 Å². The minimum absolute atomic E-state index is 0.274. The molecule has 0 radical (unpaired) electrons. The van der Waals surface area contributed by atoms with Gasteiger partial charge in [0.15, 0.2) is 0 Å². The van der Waals surface area contributed by atoms with Crippen LogP contribution in [0.1, 0.15) is 111 Å². The highest BCUT2D eigenvalue weighted by Crippen LogP contribution is 2.34. The standard InChI is InChI=1S/C26H41ClO4/c1-6-7-8-9-10-11-12-13-14-15-16-23(27)25(29)31-21-17-18-24(30-20(2)28)22(19-21)26(3,4)5/h17-19,23H,6-16H2,1-5H3. The van der Waals surface area contributed by atoms with Crippen molar-refractivity contribution in [2.45, 2.75) is 116 Å². The average molecular weight is 453 g/mol. The smallest absolute Gasteiger partial charge is 0.329 e. The van der Waals surface area contributed by atoms with E-state index < -0.39 is 11.3 Å². The third kappa shape index (κ3) is 11.6. The highest BCUT2D eigenvalue weighted by molar-refractivity contribution is 6.30. The number of carbonyl (C=O) groups is 2. The van der Waals surface area contributed by atoms with Crippen molar-refractivity contribution >= 4 is 23.5 Å². The van der Waals surface area contributed by atoms with Gasteiger partial charge in [0.2, 0.25) is 0 Å². The summed E-state index contributed by atoms with van der Waals surface area (Å²) in [5.41, 5.74) is 0.526. The van der Waals surface area contributed by atoms with Crippen LogP contribution in [0.25, 0.3) is 0 Å². The van der Waals surface area contributed by atoms with Crippen molar-refractivity contribution in [2.75, 3.05) is 0 Å². The van der Waals surface area contributed by atoms with Gasteiger partial charge in [-0.3, -0.25) is 9.59 Å². The molecule has 0 spiro atoms. The van der Waals surface area contributed by atoms with Gasteiger partial charge in [-0.05, 0) is 30.0 Å². The van der Waals surface area contributed by atoms with Gasteiger partial charge in [0.1, 0.15) is 16.9 Å². The Bertz CT molecular complexity index is 678. The van der Waals surface area contributed by atoms with Crippen LogP contribution in [-0.2, 0) is 15.0 Å². The van der Waals surface area contributed by atoms with Crippen molar-refractivity contribution in [1.29, 1.82) is 0 Å². The van der Waals surface area contributed by atoms with Crippen LogP contribution in [0.5, 0.6) is 11.5 Å². The van der Waals surface area contributed by atoms with E-state index in [1.165, 1.54) is 58.3 Å². The highest BCUT2D eigenvalue weighted by atomic mass is 35.5. The fourth-order valence-electron chi connectivity index (χ4n) is 3.51. The molecule has 1 rings (SSSR count). The third-order valence-electron chi connectivity index (χ3n) is 5.30. The van der Waals surface area contributed by atoms with Crippen LogP contribution in [0.15, 0.2) is 18.2 Å². The van der Waals surface area contributed by atoms with E-state index in [1.54, 1.807) is 18.2 Å². The number of esters is 2. The molecule has 0 aliphatic carbocycles. The fourth-order valence-corrected chi connectivity index (χ4v) is 3.71. The third-order valence-corrected chi connectivity index (χ3v) is 5.69. The van der Waals surface area contributed by atoms with Crippen molar-refractivity contribution in [3.63, 3.8) is 0 Å². The van der Waals surface area contributed by atoms with Crippen molar-refractivity contribution in [1.82, 2.24) is 0 Å². The second-order valence-corrected chi connectivity index (χ2v) is 9.89. The zero-order valence-corrected chi connectivity index (χ0v) is 20.9. The second kappa shape index (κ2) is 14.5. The Kier molecular flexibility index (Phi) is 12.9. The Morgan fingerprint density at radius 2 is 1.45 bits per heavy atom. The molecule has 0 fully saturated rings. The van der Waals surface area contributed by atoms with Crippen molar-refractivity contribution in [2.24, 2.45) is 0 Å². The molecule has 1 aromatic rings. The van der Waals surface area contributed by atoms with Gasteiger partial charge in [0.05, 0.1) is 0 Å². The van der Waals surface area contributed by atoms with Crippen LogP contribution in [0.3, 0.4) is 0 Å². The number of benzene rings is 1. The topological polar surface area (TPSA) is 52.6 Å². The summed E-state index contributed by atoms with van der Waals surface area (Å²) in [4.78, 5) is 23.7. The molecule has 0 amide bonds. The maximum atomic E-state index is 12.4. The quantitative estimate of drug-likeness (QED) is 0.125. The van der Waals surface area contributed by atoms with Gasteiger partial charge in [-0.25, -0.2) is 0 Å². The first-order valence-electron chi connectivity index (χ1n) is 11.8. The van der Waals surface area contributed by atoms with Crippen molar-refractivity contribution < 1.29 is 19.1 Å². The van der Waals surface area contributed by atoms with Gasteiger partial charge >= 0.3 is 11.9 Å². The van der Waals surface area contributed by atoms with Crippen molar-refractivity contribution in [3.8, 4) is 11.5 Å². The van der Waals surface area contributed by atoms with Gasteiger partial charge in [-0.1, -0.05) is 91.9 Å². The number of rotatable bonds is 14. The van der Waals surface area contributed by atoms with Crippen LogP contribution >= 0.6 is 11.6 Å². The fraction of sp³-hybridized carbons (Fsp3) is 0.692. The van der Waals surface area contributed by atoms with E-state index in [4.69, 9.17) is 21.1 Å². The molecule has 0 aromatic heterocycles. The van der Waals surface area contributed by atoms with Crippen LogP contribution in [0.4, 0.5) is 0 Å². The number of hydrogen-bond acceptors (Lipinski definition) is 4.